The maximum Gasteiger partial charge on any atom is 0.186 e. The second-order valence-electron chi connectivity index (χ2n) is 13.3. The predicted molar refractivity (Wildman–Crippen MR) is 175 cm³/mol. The molecule has 1 heterocycles. The van der Waals surface area contributed by atoms with E-state index in [1.165, 1.54) is 44.9 Å². The number of carbonyl (C=O) groups excluding carboxylic acids is 1. The van der Waals surface area contributed by atoms with Gasteiger partial charge in [0.15, 0.2) is 6.29 Å². The lowest BCUT2D eigenvalue weighted by molar-refractivity contribution is -0.302. The number of Topliss-reactive ketones (excluding diaryl/α,β-unsaturated/α-hetero) is 1. The zero-order chi connectivity index (χ0) is 33.5. The molecule has 0 saturated carbocycles. The van der Waals surface area contributed by atoms with Crippen LogP contribution in [0.3, 0.4) is 0 Å². The molecule has 1 saturated heterocycles. The van der Waals surface area contributed by atoms with Crippen molar-refractivity contribution in [1.82, 2.24) is 0 Å². The zero-order valence-corrected chi connectivity index (χ0v) is 28.0. The summed E-state index contributed by atoms with van der Waals surface area (Å²) in [7, 11) is 0. The Morgan fingerprint density at radius 2 is 1.09 bits per heavy atom. The van der Waals surface area contributed by atoms with E-state index < -0.39 is 55.6 Å². The number of aliphatic hydroxyl groups excluding tert-OH is 6. The van der Waals surface area contributed by atoms with Gasteiger partial charge in [-0.1, -0.05) is 96.3 Å². The minimum absolute atomic E-state index is 0.0909. The predicted octanol–water partition coefficient (Wildman–Crippen LogP) is 2.96. The highest BCUT2D eigenvalue weighted by atomic mass is 16.7. The zero-order valence-electron chi connectivity index (χ0n) is 28.0. The summed E-state index contributed by atoms with van der Waals surface area (Å²) in [4.78, 5) is 12.1. The number of hydrogen-bond donors (Lipinski definition) is 8. The Kier molecular flexibility index (Phi) is 24.7. The number of aliphatic hydroxyl groups is 6. The molecule has 6 unspecified atom stereocenters. The number of rotatable bonds is 29. The molecule has 1 rings (SSSR count). The number of hydrogen-bond acceptors (Lipinski definition) is 11. The van der Waals surface area contributed by atoms with Crippen molar-refractivity contribution in [3.8, 4) is 0 Å². The van der Waals surface area contributed by atoms with E-state index >= 15 is 0 Å². The van der Waals surface area contributed by atoms with Gasteiger partial charge in [0.2, 0.25) is 0 Å². The van der Waals surface area contributed by atoms with Crippen molar-refractivity contribution < 1.29 is 44.9 Å². The third-order valence-electron chi connectivity index (χ3n) is 9.06. The first kappa shape index (κ1) is 42.3. The van der Waals surface area contributed by atoms with Crippen molar-refractivity contribution in [3.63, 3.8) is 0 Å². The van der Waals surface area contributed by atoms with Gasteiger partial charge in [-0.2, -0.15) is 0 Å². The molecule has 1 fully saturated rings. The lowest BCUT2D eigenvalue weighted by Crippen LogP contribution is -2.59. The van der Waals surface area contributed by atoms with Crippen LogP contribution in [0.1, 0.15) is 142 Å². The van der Waals surface area contributed by atoms with Crippen molar-refractivity contribution >= 4 is 5.78 Å². The topological polar surface area (TPSA) is 209 Å². The minimum atomic E-state index is -1.51. The van der Waals surface area contributed by atoms with Crippen LogP contribution in [0, 0.1) is 0 Å². The number of carbonyl (C=O) groups is 1. The van der Waals surface area contributed by atoms with Gasteiger partial charge in [-0.25, -0.2) is 0 Å². The smallest absolute Gasteiger partial charge is 0.186 e. The monoisotopic (exact) mass is 648 g/mol. The van der Waals surface area contributed by atoms with Crippen LogP contribution in [-0.2, 0) is 14.3 Å². The molecule has 1 aliphatic heterocycles. The lowest BCUT2D eigenvalue weighted by Gasteiger charge is -2.40. The molecule has 9 atom stereocenters. The minimum Gasteiger partial charge on any atom is -0.394 e. The second kappa shape index (κ2) is 26.3. The molecule has 45 heavy (non-hydrogen) atoms. The Bertz CT molecular complexity index is 715. The molecule has 0 aromatic heterocycles. The maximum atomic E-state index is 12.1. The molecule has 11 heteroatoms. The Morgan fingerprint density at radius 1 is 0.667 bits per heavy atom. The third kappa shape index (κ3) is 19.6. The van der Waals surface area contributed by atoms with Gasteiger partial charge in [-0.15, -0.1) is 0 Å². The summed E-state index contributed by atoms with van der Waals surface area (Å²) in [6.07, 6.45) is 13.9. The Morgan fingerprint density at radius 3 is 1.53 bits per heavy atom. The molecule has 0 aliphatic carbocycles. The normalized spacial score (nSPS) is 24.8. The van der Waals surface area contributed by atoms with Crippen LogP contribution >= 0.6 is 0 Å². The van der Waals surface area contributed by atoms with Gasteiger partial charge in [-0.3, -0.25) is 4.79 Å². The average molecular weight is 649 g/mol. The summed E-state index contributed by atoms with van der Waals surface area (Å²) < 4.78 is 10.7. The van der Waals surface area contributed by atoms with Gasteiger partial charge in [0.05, 0.1) is 31.5 Å². The maximum absolute atomic E-state index is 12.1. The fourth-order valence-electron chi connectivity index (χ4n) is 5.77. The van der Waals surface area contributed by atoms with Crippen LogP contribution in [0.5, 0.6) is 0 Å². The first-order valence-electron chi connectivity index (χ1n) is 17.9. The quantitative estimate of drug-likeness (QED) is 0.0553. The Hall–Kier alpha value is -0.730. The standard InChI is InChI=1S/C34H68N2O9/c1-25(35)28(39)21-17-14-10-12-16-20-26(38)19-15-11-8-6-4-2-3-5-7-9-13-18-22-29(40)27(36)24-44-34-33(43)32(42)31(41)30(23-37)45-34/h25,27-34,37,39-43H,2-24,35-36H2,1H3/t25?,27?,28?,29-,30?,31-,32?,33?,34-/m1/s1. The van der Waals surface area contributed by atoms with Crippen molar-refractivity contribution in [3.05, 3.63) is 0 Å². The van der Waals surface area contributed by atoms with Crippen LogP contribution in [0.15, 0.2) is 0 Å². The van der Waals surface area contributed by atoms with Crippen molar-refractivity contribution in [2.75, 3.05) is 13.2 Å². The summed E-state index contributed by atoms with van der Waals surface area (Å²) in [5.41, 5.74) is 11.7. The van der Waals surface area contributed by atoms with E-state index in [0.717, 1.165) is 77.0 Å². The molecule has 0 radical (unpaired) electrons. The summed E-state index contributed by atoms with van der Waals surface area (Å²) in [5.74, 6) is 0.403. The molecule has 0 amide bonds. The highest BCUT2D eigenvalue weighted by Crippen LogP contribution is 2.22. The molecule has 10 N–H and O–H groups in total. The molecule has 268 valence electrons. The van der Waals surface area contributed by atoms with Gasteiger partial charge in [0.1, 0.15) is 30.2 Å². The molecular formula is C34H68N2O9. The molecule has 0 bridgehead atoms. The van der Waals surface area contributed by atoms with E-state index in [-0.39, 0.29) is 12.6 Å². The van der Waals surface area contributed by atoms with Crippen LogP contribution in [-0.4, -0.2) is 105 Å². The summed E-state index contributed by atoms with van der Waals surface area (Å²) in [5, 5.41) is 59.0. The van der Waals surface area contributed by atoms with Gasteiger partial charge >= 0.3 is 0 Å². The van der Waals surface area contributed by atoms with E-state index in [2.05, 4.69) is 0 Å². The van der Waals surface area contributed by atoms with E-state index in [1.807, 2.05) is 6.92 Å². The third-order valence-corrected chi connectivity index (χ3v) is 9.06. The number of ketones is 1. The van der Waals surface area contributed by atoms with Crippen molar-refractivity contribution in [1.29, 1.82) is 0 Å². The number of ether oxygens (including phenoxy) is 2. The van der Waals surface area contributed by atoms with Crippen molar-refractivity contribution in [2.24, 2.45) is 11.5 Å². The van der Waals surface area contributed by atoms with E-state index in [0.29, 0.717) is 18.6 Å². The lowest BCUT2D eigenvalue weighted by atomic mass is 9.99. The van der Waals surface area contributed by atoms with Crippen LogP contribution in [0.2, 0.25) is 0 Å². The van der Waals surface area contributed by atoms with Gasteiger partial charge in [0, 0.05) is 18.9 Å². The molecular weight excluding hydrogens is 580 g/mol. The second-order valence-corrected chi connectivity index (χ2v) is 13.3. The fourth-order valence-corrected chi connectivity index (χ4v) is 5.77. The molecule has 11 nitrogen and oxygen atoms in total. The van der Waals surface area contributed by atoms with Crippen LogP contribution < -0.4 is 11.5 Å². The highest BCUT2D eigenvalue weighted by Gasteiger charge is 2.44. The average Bonchev–Trinajstić information content (AvgIpc) is 3.02. The summed E-state index contributed by atoms with van der Waals surface area (Å²) in [6, 6.07) is -0.844. The van der Waals surface area contributed by atoms with E-state index in [4.69, 9.17) is 20.9 Å². The van der Waals surface area contributed by atoms with Crippen molar-refractivity contribution in [2.45, 2.75) is 197 Å². The first-order chi connectivity index (χ1) is 21.6. The van der Waals surface area contributed by atoms with Crippen LogP contribution in [0.25, 0.3) is 0 Å². The first-order valence-corrected chi connectivity index (χ1v) is 17.9. The summed E-state index contributed by atoms with van der Waals surface area (Å²) in [6.45, 7) is 1.21. The fraction of sp³-hybridized carbons (Fsp3) is 0.971. The molecule has 0 aromatic carbocycles. The molecule has 0 spiro atoms. The van der Waals surface area contributed by atoms with E-state index in [1.54, 1.807) is 0 Å². The van der Waals surface area contributed by atoms with Crippen LogP contribution in [0.4, 0.5) is 0 Å². The number of unbranched alkanes of at least 4 members (excludes halogenated alkanes) is 15. The molecule has 0 aromatic rings. The highest BCUT2D eigenvalue weighted by molar-refractivity contribution is 5.78. The number of nitrogens with two attached hydrogens (primary N) is 2. The van der Waals surface area contributed by atoms with Gasteiger partial charge in [-0.05, 0) is 32.6 Å². The SMILES string of the molecule is CC(N)C(O)CCCCCCCC(=O)CCCCCCCCCCCCCC[C@@H](O)C(N)CO[C@@H]1OC(CO)[C@@H](O)C(O)C1O. The van der Waals surface area contributed by atoms with Gasteiger partial charge < -0.3 is 51.6 Å². The Balaban J connectivity index is 1.88. The summed E-state index contributed by atoms with van der Waals surface area (Å²) >= 11 is 0. The largest absolute Gasteiger partial charge is 0.394 e. The van der Waals surface area contributed by atoms with E-state index in [9.17, 15) is 35.4 Å². The molecule has 1 aliphatic rings. The van der Waals surface area contributed by atoms with Gasteiger partial charge in [0.25, 0.3) is 0 Å². The Labute approximate surface area is 272 Å².